The van der Waals surface area contributed by atoms with Gasteiger partial charge in [0, 0.05) is 17.7 Å². The average molecular weight is 473 g/mol. The normalized spacial score (nSPS) is 13.8. The first-order chi connectivity index (χ1) is 15.8. The zero-order valence-electron chi connectivity index (χ0n) is 16.7. The molecule has 0 atom stereocenters. The molecule has 5 rings (SSSR count). The number of rotatable bonds is 6. The lowest BCUT2D eigenvalue weighted by Crippen LogP contribution is -2.25. The minimum Gasteiger partial charge on any atom is -0.497 e. The number of benzene rings is 2. The number of carbonyl (C=O) groups is 2. The molecule has 2 aromatic carbocycles. The molecule has 1 aliphatic rings. The maximum absolute atomic E-state index is 13.2. The van der Waals surface area contributed by atoms with Crippen LogP contribution in [0, 0.1) is 0 Å². The van der Waals surface area contributed by atoms with Crippen molar-refractivity contribution >= 4 is 40.2 Å². The number of methoxy groups -OCH3 is 1. The van der Waals surface area contributed by atoms with Gasteiger partial charge in [-0.05, 0) is 35.8 Å². The molecule has 1 amide bonds. The number of ether oxygens (including phenoxy) is 3. The molecule has 0 radical (unpaired) electrons. The monoisotopic (exact) mass is 473 g/mol. The molecule has 0 aliphatic carbocycles. The highest BCUT2D eigenvalue weighted by atomic mass is 32.1. The van der Waals surface area contributed by atoms with E-state index >= 15 is 0 Å². The van der Waals surface area contributed by atoms with Crippen LogP contribution < -0.4 is 19.5 Å². The van der Waals surface area contributed by atoms with E-state index in [-0.39, 0.29) is 41.0 Å². The minimum atomic E-state index is -3.74. The fourth-order valence-corrected chi connectivity index (χ4v) is 3.75. The predicted molar refractivity (Wildman–Crippen MR) is 111 cm³/mol. The number of fused-ring (bicyclic) bond motifs is 2. The molecule has 3 heterocycles. The first kappa shape index (κ1) is 20.8. The van der Waals surface area contributed by atoms with Crippen LogP contribution in [0.5, 0.6) is 17.2 Å². The Morgan fingerprint density at radius 1 is 1.15 bits per heavy atom. The van der Waals surface area contributed by atoms with Crippen LogP contribution in [0.15, 0.2) is 36.4 Å². The summed E-state index contributed by atoms with van der Waals surface area (Å²) in [5.74, 6) is -0.593. The molecule has 168 valence electrons. The molecule has 0 bridgehead atoms. The van der Waals surface area contributed by atoms with Gasteiger partial charge in [0.1, 0.15) is 10.8 Å². The predicted octanol–water partition coefficient (Wildman–Crippen LogP) is 3.42. The van der Waals surface area contributed by atoms with Gasteiger partial charge in [-0.3, -0.25) is 14.9 Å². The largest absolute Gasteiger partial charge is 0.586 e. The van der Waals surface area contributed by atoms with E-state index in [0.29, 0.717) is 21.8 Å². The number of amides is 1. The van der Waals surface area contributed by atoms with E-state index < -0.39 is 12.2 Å². The Morgan fingerprint density at radius 2 is 1.88 bits per heavy atom. The van der Waals surface area contributed by atoms with Crippen molar-refractivity contribution in [2.45, 2.75) is 12.7 Å². The van der Waals surface area contributed by atoms with Gasteiger partial charge in [-0.1, -0.05) is 0 Å². The highest BCUT2D eigenvalue weighted by Gasteiger charge is 2.43. The standard InChI is InChI=1S/C20H13F2N5O5S/c1-30-10-4-2-9(3-5-10)13(28)8-16-25-17(27-33-16)18(29)26-19-23-11-6-14-15(7-12(11)24-19)32-20(21,22)31-14/h2-7H,8H2,1H3,(H2,23,24,26,29). The SMILES string of the molecule is COc1ccc(C(=O)Cc2nc(C(=O)Nc3nc4cc5c(cc4[nH]3)OC(F)(F)O5)ns2)cc1. The fourth-order valence-electron chi connectivity index (χ4n) is 3.11. The third kappa shape index (κ3) is 4.17. The molecule has 4 aromatic rings. The summed E-state index contributed by atoms with van der Waals surface area (Å²) in [5, 5.41) is 2.87. The van der Waals surface area contributed by atoms with E-state index in [9.17, 15) is 18.4 Å². The second-order valence-corrected chi connectivity index (χ2v) is 7.70. The molecule has 2 aromatic heterocycles. The molecule has 0 spiro atoms. The lowest BCUT2D eigenvalue weighted by molar-refractivity contribution is -0.286. The number of Topliss-reactive ketones (excluding diaryl/α,β-unsaturated/α-hetero) is 1. The van der Waals surface area contributed by atoms with Crippen LogP contribution in [0.2, 0.25) is 0 Å². The Morgan fingerprint density at radius 3 is 2.61 bits per heavy atom. The summed E-state index contributed by atoms with van der Waals surface area (Å²) in [6, 6.07) is 9.20. The molecule has 1 aliphatic heterocycles. The zero-order chi connectivity index (χ0) is 23.2. The summed E-state index contributed by atoms with van der Waals surface area (Å²) in [7, 11) is 1.53. The number of ketones is 1. The van der Waals surface area contributed by atoms with Crippen molar-refractivity contribution in [1.82, 2.24) is 19.3 Å². The van der Waals surface area contributed by atoms with Crippen molar-refractivity contribution in [3.63, 3.8) is 0 Å². The summed E-state index contributed by atoms with van der Waals surface area (Å²) < 4.78 is 44.2. The topological polar surface area (TPSA) is 128 Å². The van der Waals surface area contributed by atoms with Crippen molar-refractivity contribution in [2.24, 2.45) is 0 Å². The summed E-state index contributed by atoms with van der Waals surface area (Å²) in [5.41, 5.74) is 1.11. The number of aromatic amines is 1. The Balaban J connectivity index is 1.26. The van der Waals surface area contributed by atoms with Crippen LogP contribution in [0.4, 0.5) is 14.7 Å². The number of aromatic nitrogens is 4. The van der Waals surface area contributed by atoms with Gasteiger partial charge in [-0.25, -0.2) is 9.97 Å². The van der Waals surface area contributed by atoms with Crippen molar-refractivity contribution in [3.05, 3.63) is 52.8 Å². The third-order valence-electron chi connectivity index (χ3n) is 4.63. The molecule has 0 fully saturated rings. The summed E-state index contributed by atoms with van der Waals surface area (Å²) in [6.07, 6.45) is -3.75. The van der Waals surface area contributed by atoms with E-state index in [1.165, 1.54) is 19.2 Å². The summed E-state index contributed by atoms with van der Waals surface area (Å²) in [6.45, 7) is 0. The Bertz CT molecular complexity index is 1340. The number of carbonyl (C=O) groups excluding carboxylic acids is 2. The first-order valence-corrected chi connectivity index (χ1v) is 10.2. The maximum Gasteiger partial charge on any atom is 0.586 e. The highest BCUT2D eigenvalue weighted by Crippen LogP contribution is 2.42. The number of imidazole rings is 1. The Kier molecular flexibility index (Phi) is 4.89. The Hall–Kier alpha value is -4.13. The number of hydrogen-bond acceptors (Lipinski definition) is 9. The van der Waals surface area contributed by atoms with Crippen LogP contribution in [0.25, 0.3) is 11.0 Å². The molecule has 2 N–H and O–H groups in total. The quantitative estimate of drug-likeness (QED) is 0.408. The van der Waals surface area contributed by atoms with Gasteiger partial charge >= 0.3 is 6.29 Å². The number of alkyl halides is 2. The van der Waals surface area contributed by atoms with E-state index in [4.69, 9.17) is 4.74 Å². The van der Waals surface area contributed by atoms with Gasteiger partial charge in [0.05, 0.1) is 24.6 Å². The molecule has 0 saturated heterocycles. The number of nitrogens with one attached hydrogen (secondary N) is 2. The third-order valence-corrected chi connectivity index (χ3v) is 5.34. The minimum absolute atomic E-state index is 0.0158. The fraction of sp³-hybridized carbons (Fsp3) is 0.150. The van der Waals surface area contributed by atoms with Gasteiger partial charge < -0.3 is 19.2 Å². The lowest BCUT2D eigenvalue weighted by atomic mass is 10.1. The van der Waals surface area contributed by atoms with Crippen LogP contribution in [-0.2, 0) is 6.42 Å². The maximum atomic E-state index is 13.2. The molecule has 33 heavy (non-hydrogen) atoms. The van der Waals surface area contributed by atoms with Crippen molar-refractivity contribution < 1.29 is 32.6 Å². The molecule has 0 unspecified atom stereocenters. The van der Waals surface area contributed by atoms with Crippen LogP contribution in [0.1, 0.15) is 26.0 Å². The molecule has 10 nitrogen and oxygen atoms in total. The van der Waals surface area contributed by atoms with E-state index in [0.717, 1.165) is 11.5 Å². The van der Waals surface area contributed by atoms with E-state index in [1.807, 2.05) is 0 Å². The molecular formula is C20H13F2N5O5S. The molecule has 0 saturated carbocycles. The molecular weight excluding hydrogens is 460 g/mol. The van der Waals surface area contributed by atoms with Gasteiger partial charge in [0.25, 0.3) is 5.91 Å². The smallest absolute Gasteiger partial charge is 0.497 e. The zero-order valence-corrected chi connectivity index (χ0v) is 17.5. The number of nitrogens with zero attached hydrogens (tertiary/aromatic N) is 3. The number of H-pyrrole nitrogens is 1. The summed E-state index contributed by atoms with van der Waals surface area (Å²) >= 11 is 0.936. The Labute approximate surface area is 187 Å². The van der Waals surface area contributed by atoms with Crippen molar-refractivity contribution in [3.8, 4) is 17.2 Å². The van der Waals surface area contributed by atoms with Gasteiger partial charge in [-0.15, -0.1) is 8.78 Å². The first-order valence-electron chi connectivity index (χ1n) is 9.40. The lowest BCUT2D eigenvalue weighted by Gasteiger charge is -2.04. The second kappa shape index (κ2) is 7.78. The average Bonchev–Trinajstić information content (AvgIpc) is 3.47. The van der Waals surface area contributed by atoms with Crippen LogP contribution >= 0.6 is 11.5 Å². The van der Waals surface area contributed by atoms with Crippen LogP contribution in [-0.4, -0.2) is 44.4 Å². The van der Waals surface area contributed by atoms with Gasteiger partial charge in [-0.2, -0.15) is 4.37 Å². The van der Waals surface area contributed by atoms with Crippen LogP contribution in [0.3, 0.4) is 0 Å². The van der Waals surface area contributed by atoms with Gasteiger partial charge in [0.15, 0.2) is 17.3 Å². The van der Waals surface area contributed by atoms with Gasteiger partial charge in [0.2, 0.25) is 11.8 Å². The second-order valence-electron chi connectivity index (χ2n) is 6.86. The number of anilines is 1. The molecule has 13 heteroatoms. The van der Waals surface area contributed by atoms with Crippen molar-refractivity contribution in [1.29, 1.82) is 0 Å². The van der Waals surface area contributed by atoms with Crippen molar-refractivity contribution in [2.75, 3.05) is 12.4 Å². The highest BCUT2D eigenvalue weighted by molar-refractivity contribution is 7.05. The number of halogens is 2. The number of hydrogen-bond donors (Lipinski definition) is 2. The van der Waals surface area contributed by atoms with E-state index in [1.54, 1.807) is 24.3 Å². The summed E-state index contributed by atoms with van der Waals surface area (Å²) in [4.78, 5) is 35.9. The van der Waals surface area contributed by atoms with E-state index in [2.05, 4.69) is 34.1 Å².